The van der Waals surface area contributed by atoms with E-state index in [0.717, 1.165) is 21.5 Å². The van der Waals surface area contributed by atoms with Gasteiger partial charge in [-0.3, -0.25) is 0 Å². The van der Waals surface area contributed by atoms with Gasteiger partial charge in [0.2, 0.25) is 6.79 Å². The third-order valence-electron chi connectivity index (χ3n) is 2.56. The van der Waals surface area contributed by atoms with Crippen LogP contribution in [0.3, 0.4) is 0 Å². The molecule has 0 saturated carbocycles. The zero-order chi connectivity index (χ0) is 12.3. The fraction of sp³-hybridized carbons (Fsp3) is 0.455. The van der Waals surface area contributed by atoms with Crippen molar-refractivity contribution in [1.29, 1.82) is 0 Å². The lowest BCUT2D eigenvalue weighted by molar-refractivity contribution is 0.170. The van der Waals surface area contributed by atoms with Crippen LogP contribution in [0.1, 0.15) is 5.56 Å². The molecule has 0 atom stereocenters. The first-order valence-electron chi connectivity index (χ1n) is 5.27. The van der Waals surface area contributed by atoms with E-state index in [0.29, 0.717) is 6.54 Å². The predicted octanol–water partition coefficient (Wildman–Crippen LogP) is 0.621. The maximum atomic E-state index is 8.95. The summed E-state index contributed by atoms with van der Waals surface area (Å²) in [5.41, 5.74) is 0.987. The largest absolute Gasteiger partial charge is 0.454 e. The molecule has 1 aliphatic heterocycles. The lowest BCUT2D eigenvalue weighted by Gasteiger charge is -2.14. The molecule has 6 heteroatoms. The SMILES string of the molecule is OCC(CO)NCc1cc2c(cc1Br)OCO2. The van der Waals surface area contributed by atoms with Crippen LogP contribution in [0.5, 0.6) is 11.5 Å². The van der Waals surface area contributed by atoms with Crippen LogP contribution in [0.4, 0.5) is 0 Å². The zero-order valence-electron chi connectivity index (χ0n) is 9.15. The summed E-state index contributed by atoms with van der Waals surface area (Å²) in [6.45, 7) is 0.578. The van der Waals surface area contributed by atoms with Gasteiger partial charge >= 0.3 is 0 Å². The van der Waals surface area contributed by atoms with Gasteiger partial charge in [-0.15, -0.1) is 0 Å². The maximum absolute atomic E-state index is 8.95. The average Bonchev–Trinajstić information content (AvgIpc) is 2.77. The minimum absolute atomic E-state index is 0.0985. The molecule has 2 rings (SSSR count). The van der Waals surface area contributed by atoms with E-state index < -0.39 is 0 Å². The predicted molar refractivity (Wildman–Crippen MR) is 65.1 cm³/mol. The molecule has 3 N–H and O–H groups in total. The first-order valence-corrected chi connectivity index (χ1v) is 6.07. The molecule has 1 heterocycles. The van der Waals surface area contributed by atoms with E-state index in [9.17, 15) is 0 Å². The van der Waals surface area contributed by atoms with Crippen molar-refractivity contribution in [3.63, 3.8) is 0 Å². The molecule has 5 nitrogen and oxygen atoms in total. The van der Waals surface area contributed by atoms with Gasteiger partial charge in [-0.1, -0.05) is 15.9 Å². The number of hydrogen-bond donors (Lipinski definition) is 3. The van der Waals surface area contributed by atoms with Crippen LogP contribution < -0.4 is 14.8 Å². The van der Waals surface area contributed by atoms with Crippen LogP contribution in [-0.2, 0) is 6.54 Å². The molecule has 0 amide bonds. The molecule has 94 valence electrons. The van der Waals surface area contributed by atoms with Gasteiger partial charge in [-0.05, 0) is 17.7 Å². The molecule has 17 heavy (non-hydrogen) atoms. The first kappa shape index (κ1) is 12.6. The van der Waals surface area contributed by atoms with Gasteiger partial charge in [0.1, 0.15) is 0 Å². The highest BCUT2D eigenvalue weighted by Crippen LogP contribution is 2.36. The third kappa shape index (κ3) is 2.90. The minimum Gasteiger partial charge on any atom is -0.454 e. The molecular formula is C11H14BrNO4. The number of ether oxygens (including phenoxy) is 2. The van der Waals surface area contributed by atoms with E-state index in [-0.39, 0.29) is 26.0 Å². The molecule has 1 aliphatic rings. The normalized spacial score (nSPS) is 13.4. The van der Waals surface area contributed by atoms with Crippen molar-refractivity contribution in [2.24, 2.45) is 0 Å². The second kappa shape index (κ2) is 5.68. The molecule has 0 aromatic heterocycles. The van der Waals surface area contributed by atoms with Crippen molar-refractivity contribution in [3.05, 3.63) is 22.2 Å². The highest BCUT2D eigenvalue weighted by molar-refractivity contribution is 9.10. The summed E-state index contributed by atoms with van der Waals surface area (Å²) < 4.78 is 11.4. The summed E-state index contributed by atoms with van der Waals surface area (Å²) in [4.78, 5) is 0. The number of benzene rings is 1. The summed E-state index contributed by atoms with van der Waals surface area (Å²) >= 11 is 3.44. The Kier molecular flexibility index (Phi) is 4.22. The van der Waals surface area contributed by atoms with Gasteiger partial charge in [0.25, 0.3) is 0 Å². The second-order valence-electron chi connectivity index (χ2n) is 3.74. The Morgan fingerprint density at radius 2 is 1.88 bits per heavy atom. The van der Waals surface area contributed by atoms with Crippen LogP contribution in [0.25, 0.3) is 0 Å². The summed E-state index contributed by atoms with van der Waals surface area (Å²) in [5.74, 6) is 1.44. The van der Waals surface area contributed by atoms with Crippen LogP contribution in [0, 0.1) is 0 Å². The Bertz CT molecular complexity index is 395. The van der Waals surface area contributed by atoms with Crippen molar-refractivity contribution in [2.45, 2.75) is 12.6 Å². The van der Waals surface area contributed by atoms with Gasteiger partial charge in [-0.25, -0.2) is 0 Å². The van der Waals surface area contributed by atoms with E-state index in [1.165, 1.54) is 0 Å². The van der Waals surface area contributed by atoms with Gasteiger partial charge in [-0.2, -0.15) is 0 Å². The highest BCUT2D eigenvalue weighted by Gasteiger charge is 2.16. The van der Waals surface area contributed by atoms with Gasteiger partial charge in [0.15, 0.2) is 11.5 Å². The van der Waals surface area contributed by atoms with E-state index in [4.69, 9.17) is 19.7 Å². The van der Waals surface area contributed by atoms with Crippen LogP contribution in [-0.4, -0.2) is 36.3 Å². The first-order chi connectivity index (χ1) is 8.24. The number of halogens is 1. The molecular weight excluding hydrogens is 290 g/mol. The fourth-order valence-electron chi connectivity index (χ4n) is 1.54. The average molecular weight is 304 g/mol. The van der Waals surface area contributed by atoms with Crippen molar-refractivity contribution in [1.82, 2.24) is 5.32 Å². The van der Waals surface area contributed by atoms with Crippen LogP contribution in [0.15, 0.2) is 16.6 Å². The van der Waals surface area contributed by atoms with E-state index >= 15 is 0 Å². The number of aliphatic hydroxyl groups is 2. The molecule has 0 fully saturated rings. The Labute approximate surface area is 107 Å². The molecule has 0 saturated heterocycles. The zero-order valence-corrected chi connectivity index (χ0v) is 10.7. The highest BCUT2D eigenvalue weighted by atomic mass is 79.9. The quantitative estimate of drug-likeness (QED) is 0.744. The number of fused-ring (bicyclic) bond motifs is 1. The molecule has 0 bridgehead atoms. The van der Waals surface area contributed by atoms with Gasteiger partial charge in [0.05, 0.1) is 19.3 Å². The van der Waals surface area contributed by atoms with Gasteiger partial charge < -0.3 is 25.0 Å². The Morgan fingerprint density at radius 1 is 1.24 bits per heavy atom. The van der Waals surface area contributed by atoms with E-state index in [2.05, 4.69) is 21.2 Å². The summed E-state index contributed by atoms with van der Waals surface area (Å²) in [6.07, 6.45) is 0. The van der Waals surface area contributed by atoms with Crippen molar-refractivity contribution < 1.29 is 19.7 Å². The van der Waals surface area contributed by atoms with Crippen LogP contribution in [0.2, 0.25) is 0 Å². The van der Waals surface area contributed by atoms with E-state index in [1.54, 1.807) is 0 Å². The third-order valence-corrected chi connectivity index (χ3v) is 3.30. The smallest absolute Gasteiger partial charge is 0.231 e. The lowest BCUT2D eigenvalue weighted by Crippen LogP contribution is -2.35. The second-order valence-corrected chi connectivity index (χ2v) is 4.59. The fourth-order valence-corrected chi connectivity index (χ4v) is 2.00. The number of hydrogen-bond acceptors (Lipinski definition) is 5. The molecule has 1 aromatic carbocycles. The molecule has 1 aromatic rings. The van der Waals surface area contributed by atoms with Gasteiger partial charge in [0, 0.05) is 11.0 Å². The molecule has 0 aliphatic carbocycles. The number of rotatable bonds is 5. The maximum Gasteiger partial charge on any atom is 0.231 e. The number of nitrogens with one attached hydrogen (secondary N) is 1. The molecule has 0 spiro atoms. The van der Waals surface area contributed by atoms with Crippen LogP contribution >= 0.6 is 15.9 Å². The Hall–Kier alpha value is -0.820. The Morgan fingerprint density at radius 3 is 2.53 bits per heavy atom. The lowest BCUT2D eigenvalue weighted by atomic mass is 10.2. The summed E-state index contributed by atoms with van der Waals surface area (Å²) in [7, 11) is 0. The number of aliphatic hydroxyl groups excluding tert-OH is 2. The topological polar surface area (TPSA) is 71.0 Å². The standard InChI is InChI=1S/C11H14BrNO4/c12-9-2-11-10(16-6-17-11)1-7(9)3-13-8(4-14)5-15/h1-2,8,13-15H,3-6H2. The van der Waals surface area contributed by atoms with Crippen molar-refractivity contribution in [3.8, 4) is 11.5 Å². The summed E-state index contributed by atoms with van der Waals surface area (Å²) in [5, 5.41) is 20.9. The summed E-state index contributed by atoms with van der Waals surface area (Å²) in [6, 6.07) is 3.42. The van der Waals surface area contributed by atoms with Crippen molar-refractivity contribution in [2.75, 3.05) is 20.0 Å². The van der Waals surface area contributed by atoms with Crippen molar-refractivity contribution >= 4 is 15.9 Å². The molecule has 0 unspecified atom stereocenters. The monoisotopic (exact) mass is 303 g/mol. The molecule has 0 radical (unpaired) electrons. The Balaban J connectivity index is 2.06. The van der Waals surface area contributed by atoms with E-state index in [1.807, 2.05) is 12.1 Å². The minimum atomic E-state index is -0.313.